The third kappa shape index (κ3) is 2.90. The number of carboxylic acid groups (broad SMARTS) is 1. The second-order valence-corrected chi connectivity index (χ2v) is 4.66. The van der Waals surface area contributed by atoms with Gasteiger partial charge in [-0.15, -0.1) is 10.2 Å². The summed E-state index contributed by atoms with van der Waals surface area (Å²) in [4.78, 5) is 10.5. The van der Waals surface area contributed by atoms with Gasteiger partial charge in [0.05, 0.1) is 11.4 Å². The smallest absolute Gasteiger partial charge is 0.313 e. The van der Waals surface area contributed by atoms with Crippen LogP contribution in [0.5, 0.6) is 0 Å². The van der Waals surface area contributed by atoms with Crippen molar-refractivity contribution >= 4 is 17.7 Å². The van der Waals surface area contributed by atoms with Gasteiger partial charge in [-0.3, -0.25) is 9.36 Å². The van der Waals surface area contributed by atoms with Crippen LogP contribution >= 0.6 is 11.8 Å². The molecule has 100 valence electrons. The van der Waals surface area contributed by atoms with E-state index in [9.17, 15) is 13.6 Å². The summed E-state index contributed by atoms with van der Waals surface area (Å²) in [5.41, 5.74) is 0.134. The maximum Gasteiger partial charge on any atom is 0.313 e. The van der Waals surface area contributed by atoms with E-state index < -0.39 is 17.6 Å². The molecule has 0 amide bonds. The number of aliphatic carboxylic acids is 1. The Bertz CT molecular complexity index is 630. The molecule has 19 heavy (non-hydrogen) atoms. The highest BCUT2D eigenvalue weighted by Crippen LogP contribution is 2.23. The van der Waals surface area contributed by atoms with E-state index >= 15 is 0 Å². The SMILES string of the molecule is Cc1cc(F)c(-n2cnnc2SCC(=O)O)cc1F. The lowest BCUT2D eigenvalue weighted by atomic mass is 10.2. The van der Waals surface area contributed by atoms with Crippen molar-refractivity contribution in [2.75, 3.05) is 5.75 Å². The molecule has 1 aromatic heterocycles. The Morgan fingerprint density at radius 3 is 2.84 bits per heavy atom. The molecule has 8 heteroatoms. The van der Waals surface area contributed by atoms with Crippen molar-refractivity contribution in [3.05, 3.63) is 35.7 Å². The average Bonchev–Trinajstić information content (AvgIpc) is 2.79. The number of hydrogen-bond donors (Lipinski definition) is 1. The van der Waals surface area contributed by atoms with E-state index in [0.29, 0.717) is 0 Å². The molecule has 5 nitrogen and oxygen atoms in total. The number of hydrogen-bond acceptors (Lipinski definition) is 4. The van der Waals surface area contributed by atoms with Gasteiger partial charge in [-0.25, -0.2) is 8.78 Å². The van der Waals surface area contributed by atoms with Crippen LogP contribution in [0, 0.1) is 18.6 Å². The molecular formula is C11H9F2N3O2S. The molecule has 0 radical (unpaired) electrons. The molecule has 0 bridgehead atoms. The highest BCUT2D eigenvalue weighted by Gasteiger charge is 2.14. The van der Waals surface area contributed by atoms with E-state index in [-0.39, 0.29) is 22.2 Å². The first-order valence-electron chi connectivity index (χ1n) is 5.19. The molecule has 0 aliphatic carbocycles. The summed E-state index contributed by atoms with van der Waals surface area (Å²) in [5, 5.41) is 16.0. The second kappa shape index (κ2) is 5.35. The monoisotopic (exact) mass is 285 g/mol. The number of rotatable bonds is 4. The largest absolute Gasteiger partial charge is 0.481 e. The summed E-state index contributed by atoms with van der Waals surface area (Å²) in [6, 6.07) is 2.09. The van der Waals surface area contributed by atoms with Crippen molar-refractivity contribution < 1.29 is 18.7 Å². The Kier molecular flexibility index (Phi) is 3.79. The van der Waals surface area contributed by atoms with Crippen molar-refractivity contribution in [3.63, 3.8) is 0 Å². The zero-order valence-corrected chi connectivity index (χ0v) is 10.6. The van der Waals surface area contributed by atoms with E-state index in [1.807, 2.05) is 0 Å². The van der Waals surface area contributed by atoms with Gasteiger partial charge in [0.25, 0.3) is 0 Å². The van der Waals surface area contributed by atoms with Crippen LogP contribution < -0.4 is 0 Å². The molecule has 1 N–H and O–H groups in total. The molecule has 2 rings (SSSR count). The summed E-state index contributed by atoms with van der Waals surface area (Å²) in [7, 11) is 0. The lowest BCUT2D eigenvalue weighted by Gasteiger charge is -2.08. The maximum atomic E-state index is 13.8. The zero-order chi connectivity index (χ0) is 14.0. The molecule has 0 aliphatic heterocycles. The van der Waals surface area contributed by atoms with Crippen LogP contribution in [0.2, 0.25) is 0 Å². The molecular weight excluding hydrogens is 276 g/mol. The van der Waals surface area contributed by atoms with Gasteiger partial charge in [-0.2, -0.15) is 0 Å². The molecule has 0 saturated heterocycles. The van der Waals surface area contributed by atoms with Crippen LogP contribution in [0.1, 0.15) is 5.56 Å². The van der Waals surface area contributed by atoms with Gasteiger partial charge in [-0.05, 0) is 18.6 Å². The molecule has 0 fully saturated rings. The van der Waals surface area contributed by atoms with Crippen LogP contribution in [0.15, 0.2) is 23.6 Å². The summed E-state index contributed by atoms with van der Waals surface area (Å²) in [6.07, 6.45) is 1.21. The number of carboxylic acids is 1. The highest BCUT2D eigenvalue weighted by atomic mass is 32.2. The van der Waals surface area contributed by atoms with Gasteiger partial charge in [0, 0.05) is 6.07 Å². The Hall–Kier alpha value is -1.96. The Morgan fingerprint density at radius 2 is 2.16 bits per heavy atom. The van der Waals surface area contributed by atoms with E-state index in [1.165, 1.54) is 17.8 Å². The van der Waals surface area contributed by atoms with E-state index in [4.69, 9.17) is 5.11 Å². The van der Waals surface area contributed by atoms with Gasteiger partial charge in [0.2, 0.25) is 0 Å². The highest BCUT2D eigenvalue weighted by molar-refractivity contribution is 7.99. The minimum absolute atomic E-state index is 0.0546. The van der Waals surface area contributed by atoms with Crippen molar-refractivity contribution in [2.24, 2.45) is 0 Å². The van der Waals surface area contributed by atoms with E-state index in [2.05, 4.69) is 10.2 Å². The minimum Gasteiger partial charge on any atom is -0.481 e. The molecule has 0 spiro atoms. The molecule has 2 aromatic rings. The van der Waals surface area contributed by atoms with Crippen LogP contribution in [-0.4, -0.2) is 31.6 Å². The topological polar surface area (TPSA) is 68.0 Å². The van der Waals surface area contributed by atoms with Crippen molar-refractivity contribution in [2.45, 2.75) is 12.1 Å². The fraction of sp³-hybridized carbons (Fsp3) is 0.182. The van der Waals surface area contributed by atoms with E-state index in [0.717, 1.165) is 23.9 Å². The minimum atomic E-state index is -1.03. The van der Waals surface area contributed by atoms with Crippen LogP contribution in [0.3, 0.4) is 0 Å². The van der Waals surface area contributed by atoms with Crippen LogP contribution in [0.25, 0.3) is 5.69 Å². The average molecular weight is 285 g/mol. The summed E-state index contributed by atoms with van der Waals surface area (Å²) >= 11 is 0.876. The molecule has 1 heterocycles. The molecule has 0 saturated carbocycles. The quantitative estimate of drug-likeness (QED) is 0.871. The zero-order valence-electron chi connectivity index (χ0n) is 9.80. The first-order valence-corrected chi connectivity index (χ1v) is 6.18. The number of aryl methyl sites for hydroxylation is 1. The Labute approximate surface area is 111 Å². The predicted octanol–water partition coefficient (Wildman–Crippen LogP) is 2.03. The lowest BCUT2D eigenvalue weighted by molar-refractivity contribution is -0.133. The first-order chi connectivity index (χ1) is 8.99. The second-order valence-electron chi connectivity index (χ2n) is 3.72. The fourth-order valence-electron chi connectivity index (χ4n) is 1.43. The maximum absolute atomic E-state index is 13.8. The fourth-order valence-corrected chi connectivity index (χ4v) is 2.08. The number of aromatic nitrogens is 3. The molecule has 0 unspecified atom stereocenters. The first kappa shape index (κ1) is 13.5. The summed E-state index contributed by atoms with van der Waals surface area (Å²) in [5.74, 6) is -2.46. The van der Waals surface area contributed by atoms with Crippen LogP contribution in [0.4, 0.5) is 8.78 Å². The Morgan fingerprint density at radius 1 is 1.42 bits per heavy atom. The van der Waals surface area contributed by atoms with Crippen LogP contribution in [-0.2, 0) is 4.79 Å². The number of thioether (sulfide) groups is 1. The molecule has 1 aromatic carbocycles. The van der Waals surface area contributed by atoms with Gasteiger partial charge < -0.3 is 5.11 Å². The van der Waals surface area contributed by atoms with Crippen molar-refractivity contribution in [1.82, 2.24) is 14.8 Å². The van der Waals surface area contributed by atoms with Gasteiger partial charge in [0.15, 0.2) is 5.16 Å². The number of nitrogens with zero attached hydrogens (tertiary/aromatic N) is 3. The van der Waals surface area contributed by atoms with Gasteiger partial charge in [0.1, 0.15) is 18.0 Å². The predicted molar refractivity (Wildman–Crippen MR) is 64.4 cm³/mol. The summed E-state index contributed by atoms with van der Waals surface area (Å²) in [6.45, 7) is 1.45. The van der Waals surface area contributed by atoms with Gasteiger partial charge >= 0.3 is 5.97 Å². The van der Waals surface area contributed by atoms with Crippen molar-refractivity contribution in [1.29, 1.82) is 0 Å². The van der Waals surface area contributed by atoms with Gasteiger partial charge in [-0.1, -0.05) is 11.8 Å². The molecule has 0 atom stereocenters. The van der Waals surface area contributed by atoms with E-state index in [1.54, 1.807) is 0 Å². The third-order valence-corrected chi connectivity index (χ3v) is 3.26. The number of benzene rings is 1. The number of carbonyl (C=O) groups is 1. The molecule has 0 aliphatic rings. The number of halogens is 2. The third-order valence-electron chi connectivity index (χ3n) is 2.33. The summed E-state index contributed by atoms with van der Waals surface area (Å²) < 4.78 is 28.5. The Balaban J connectivity index is 2.40. The van der Waals surface area contributed by atoms with Crippen molar-refractivity contribution in [3.8, 4) is 5.69 Å². The standard InChI is InChI=1S/C11H9F2N3O2S/c1-6-2-8(13)9(3-7(6)12)16-5-14-15-11(16)19-4-10(17)18/h2-3,5H,4H2,1H3,(H,17,18). The normalized spacial score (nSPS) is 10.7. The lowest BCUT2D eigenvalue weighted by Crippen LogP contribution is -2.03.